The molecule has 0 spiro atoms. The van der Waals surface area contributed by atoms with Gasteiger partial charge in [0.15, 0.2) is 11.6 Å². The third kappa shape index (κ3) is 3.81. The predicted octanol–water partition coefficient (Wildman–Crippen LogP) is 6.76. The van der Waals surface area contributed by atoms with Crippen LogP contribution >= 0.6 is 0 Å². The summed E-state index contributed by atoms with van der Waals surface area (Å²) in [6, 6.07) is 17.8. The van der Waals surface area contributed by atoms with Gasteiger partial charge in [0, 0.05) is 18.0 Å². The van der Waals surface area contributed by atoms with E-state index in [1.807, 2.05) is 30.3 Å². The third-order valence-corrected chi connectivity index (χ3v) is 7.53. The van der Waals surface area contributed by atoms with E-state index in [4.69, 9.17) is 4.74 Å². The van der Waals surface area contributed by atoms with Gasteiger partial charge in [-0.1, -0.05) is 60.2 Å². The summed E-state index contributed by atoms with van der Waals surface area (Å²) in [5, 5.41) is 0. The maximum absolute atomic E-state index is 14.1. The summed E-state index contributed by atoms with van der Waals surface area (Å²) in [6.45, 7) is 0.263. The maximum atomic E-state index is 14.1. The molecule has 0 radical (unpaired) electrons. The van der Waals surface area contributed by atoms with E-state index >= 15 is 0 Å². The number of fused-ring (bicyclic) bond motifs is 5. The molecular formula is C29H24F3NO2. The fourth-order valence-corrected chi connectivity index (χ4v) is 5.95. The van der Waals surface area contributed by atoms with E-state index in [9.17, 15) is 18.0 Å². The topological polar surface area (TPSA) is 29.5 Å². The number of amides is 1. The molecule has 2 unspecified atom stereocenters. The van der Waals surface area contributed by atoms with Crippen molar-refractivity contribution in [3.8, 4) is 11.1 Å². The van der Waals surface area contributed by atoms with Crippen LogP contribution in [0.1, 0.15) is 41.9 Å². The first kappa shape index (κ1) is 22.0. The Morgan fingerprint density at radius 2 is 1.54 bits per heavy atom. The molecule has 35 heavy (non-hydrogen) atoms. The number of carbonyl (C=O) groups is 1. The van der Waals surface area contributed by atoms with Crippen LogP contribution in [0.25, 0.3) is 11.1 Å². The van der Waals surface area contributed by atoms with Crippen LogP contribution < -0.4 is 0 Å². The molecule has 3 aromatic rings. The van der Waals surface area contributed by atoms with E-state index in [2.05, 4.69) is 24.3 Å². The first-order valence-corrected chi connectivity index (χ1v) is 12.0. The Kier molecular flexibility index (Phi) is 5.39. The summed E-state index contributed by atoms with van der Waals surface area (Å²) < 4.78 is 46.9. The number of ether oxygens (including phenoxy) is 1. The van der Waals surface area contributed by atoms with Gasteiger partial charge in [-0.05, 0) is 59.6 Å². The predicted molar refractivity (Wildman–Crippen MR) is 126 cm³/mol. The normalized spacial score (nSPS) is 20.4. The lowest BCUT2D eigenvalue weighted by molar-refractivity contribution is 0.0849. The van der Waals surface area contributed by atoms with Gasteiger partial charge >= 0.3 is 6.09 Å². The minimum absolute atomic E-state index is 0.00348. The Hall–Kier alpha value is -3.54. The van der Waals surface area contributed by atoms with Gasteiger partial charge in [-0.2, -0.15) is 0 Å². The van der Waals surface area contributed by atoms with E-state index in [0.717, 1.165) is 24.5 Å². The molecule has 1 amide bonds. The molecule has 178 valence electrons. The lowest BCUT2D eigenvalue weighted by Crippen LogP contribution is -2.44. The Bertz CT molecular complexity index is 1310. The summed E-state index contributed by atoms with van der Waals surface area (Å²) in [5.74, 6) is -3.00. The van der Waals surface area contributed by atoms with Crippen LogP contribution in [0.15, 0.2) is 72.3 Å². The van der Waals surface area contributed by atoms with E-state index in [1.165, 1.54) is 22.3 Å². The van der Waals surface area contributed by atoms with Crippen molar-refractivity contribution in [1.82, 2.24) is 4.90 Å². The van der Waals surface area contributed by atoms with Crippen LogP contribution in [0.4, 0.5) is 18.0 Å². The highest BCUT2D eigenvalue weighted by Crippen LogP contribution is 2.45. The van der Waals surface area contributed by atoms with Crippen LogP contribution in [-0.2, 0) is 11.2 Å². The highest BCUT2D eigenvalue weighted by atomic mass is 19.2. The highest BCUT2D eigenvalue weighted by molar-refractivity contribution is 5.79. The second kappa shape index (κ2) is 8.59. The van der Waals surface area contributed by atoms with Gasteiger partial charge in [-0.15, -0.1) is 0 Å². The summed E-state index contributed by atoms with van der Waals surface area (Å²) in [5.41, 5.74) is 5.76. The Labute approximate surface area is 201 Å². The standard InChI is InChI=1S/C29H24F3NO2/c30-26-15-28(32)27(31)14-18(26)11-17-12-19-9-10-20(13-17)33(19)29(34)35-16-25-23-7-3-1-5-21(23)22-6-2-4-8-24(22)25/h1-8,12,14-15,19-20,25H,9-11,13,16H2. The number of carbonyl (C=O) groups excluding carboxylic acids is 1. The Morgan fingerprint density at radius 3 is 2.23 bits per heavy atom. The van der Waals surface area contributed by atoms with Crippen molar-refractivity contribution in [2.75, 3.05) is 6.61 Å². The van der Waals surface area contributed by atoms with E-state index in [-0.39, 0.29) is 42.7 Å². The molecule has 1 aliphatic carbocycles. The van der Waals surface area contributed by atoms with E-state index < -0.39 is 17.5 Å². The number of nitrogens with zero attached hydrogens (tertiary/aromatic N) is 1. The zero-order valence-corrected chi connectivity index (χ0v) is 19.0. The van der Waals surface area contributed by atoms with E-state index in [1.54, 1.807) is 4.90 Å². The first-order valence-electron chi connectivity index (χ1n) is 12.0. The zero-order chi connectivity index (χ0) is 24.1. The minimum Gasteiger partial charge on any atom is -0.448 e. The average Bonchev–Trinajstić information content (AvgIpc) is 3.32. The number of rotatable bonds is 4. The van der Waals surface area contributed by atoms with Gasteiger partial charge in [0.25, 0.3) is 0 Å². The van der Waals surface area contributed by atoms with Crippen molar-refractivity contribution in [1.29, 1.82) is 0 Å². The summed E-state index contributed by atoms with van der Waals surface area (Å²) in [6.07, 6.45) is 4.03. The molecule has 2 aliphatic heterocycles. The molecule has 3 aliphatic rings. The van der Waals surface area contributed by atoms with Gasteiger partial charge in [-0.25, -0.2) is 18.0 Å². The van der Waals surface area contributed by atoms with Crippen molar-refractivity contribution in [3.63, 3.8) is 0 Å². The highest BCUT2D eigenvalue weighted by Gasteiger charge is 2.41. The van der Waals surface area contributed by atoms with Crippen LogP contribution in [0.5, 0.6) is 0 Å². The second-order valence-electron chi connectivity index (χ2n) is 9.57. The lowest BCUT2D eigenvalue weighted by Gasteiger charge is -2.33. The van der Waals surface area contributed by atoms with Crippen LogP contribution in [0, 0.1) is 17.5 Å². The molecule has 6 heteroatoms. The Balaban J connectivity index is 1.16. The quantitative estimate of drug-likeness (QED) is 0.308. The average molecular weight is 476 g/mol. The summed E-state index contributed by atoms with van der Waals surface area (Å²) in [4.78, 5) is 15.0. The zero-order valence-electron chi connectivity index (χ0n) is 19.0. The van der Waals surface area contributed by atoms with Crippen molar-refractivity contribution in [2.45, 2.75) is 43.7 Å². The summed E-state index contributed by atoms with van der Waals surface area (Å²) in [7, 11) is 0. The fourth-order valence-electron chi connectivity index (χ4n) is 5.95. The Morgan fingerprint density at radius 1 is 0.886 bits per heavy atom. The minimum atomic E-state index is -1.19. The largest absolute Gasteiger partial charge is 0.448 e. The number of halogens is 3. The third-order valence-electron chi connectivity index (χ3n) is 7.53. The van der Waals surface area contributed by atoms with Gasteiger partial charge in [0.2, 0.25) is 0 Å². The molecule has 2 bridgehead atoms. The molecule has 0 saturated carbocycles. The number of hydrogen-bond donors (Lipinski definition) is 0. The van der Waals surface area contributed by atoms with Crippen molar-refractivity contribution in [3.05, 3.63) is 106 Å². The molecule has 0 N–H and O–H groups in total. The van der Waals surface area contributed by atoms with Gasteiger partial charge in [-0.3, -0.25) is 4.90 Å². The SMILES string of the molecule is O=C(OCC1c2ccccc2-c2ccccc21)N1C2C=C(Cc3cc(F)c(F)cc3F)CC1CC2. The smallest absolute Gasteiger partial charge is 0.410 e. The lowest BCUT2D eigenvalue weighted by atomic mass is 9.95. The maximum Gasteiger partial charge on any atom is 0.410 e. The van der Waals surface area contributed by atoms with E-state index in [0.29, 0.717) is 12.5 Å². The second-order valence-corrected chi connectivity index (χ2v) is 9.57. The number of benzene rings is 3. The van der Waals surface area contributed by atoms with Crippen molar-refractivity contribution in [2.24, 2.45) is 0 Å². The van der Waals surface area contributed by atoms with Gasteiger partial charge in [0.05, 0.1) is 6.04 Å². The molecule has 1 fully saturated rings. The van der Waals surface area contributed by atoms with Crippen LogP contribution in [0.2, 0.25) is 0 Å². The van der Waals surface area contributed by atoms with Gasteiger partial charge in [0.1, 0.15) is 12.4 Å². The van der Waals surface area contributed by atoms with Crippen LogP contribution in [-0.4, -0.2) is 29.7 Å². The molecule has 2 heterocycles. The van der Waals surface area contributed by atoms with Crippen molar-refractivity contribution < 1.29 is 22.7 Å². The first-order chi connectivity index (χ1) is 17.0. The molecular weight excluding hydrogens is 451 g/mol. The number of hydrogen-bond acceptors (Lipinski definition) is 2. The molecule has 3 aromatic carbocycles. The molecule has 0 aromatic heterocycles. The van der Waals surface area contributed by atoms with Crippen LogP contribution in [0.3, 0.4) is 0 Å². The monoisotopic (exact) mass is 475 g/mol. The summed E-state index contributed by atoms with van der Waals surface area (Å²) >= 11 is 0. The molecule has 3 nitrogen and oxygen atoms in total. The van der Waals surface area contributed by atoms with Gasteiger partial charge < -0.3 is 4.74 Å². The molecule has 1 saturated heterocycles. The molecule has 6 rings (SSSR count). The fraction of sp³-hybridized carbons (Fsp3) is 0.276. The molecule has 2 atom stereocenters. The van der Waals surface area contributed by atoms with Crippen molar-refractivity contribution >= 4 is 6.09 Å².